The molecule has 0 saturated heterocycles. The van der Waals surface area contributed by atoms with Crippen LogP contribution in [-0.4, -0.2) is 30.2 Å². The van der Waals surface area contributed by atoms with Crippen LogP contribution in [-0.2, 0) is 0 Å². The Hall–Kier alpha value is -3.91. The maximum Gasteiger partial charge on any atom is 0.257 e. The first kappa shape index (κ1) is 20.4. The highest BCUT2D eigenvalue weighted by molar-refractivity contribution is 7.80. The summed E-state index contributed by atoms with van der Waals surface area (Å²) in [5.41, 5.74) is 3.30. The van der Waals surface area contributed by atoms with Gasteiger partial charge in [-0.3, -0.25) is 10.1 Å². The number of anilines is 1. The minimum absolute atomic E-state index is 0.158. The summed E-state index contributed by atoms with van der Waals surface area (Å²) in [6.45, 7) is 0. The highest BCUT2D eigenvalue weighted by Crippen LogP contribution is 2.28. The summed E-state index contributed by atoms with van der Waals surface area (Å²) >= 11 is 5.28. The van der Waals surface area contributed by atoms with E-state index in [0.29, 0.717) is 39.7 Å². The van der Waals surface area contributed by atoms with Crippen molar-refractivity contribution in [3.8, 4) is 23.0 Å². The Kier molecular flexibility index (Phi) is 5.81. The fourth-order valence-electron chi connectivity index (χ4n) is 3.02. The molecule has 0 aliphatic heterocycles. The molecule has 0 atom stereocenters. The second kappa shape index (κ2) is 8.85. The Morgan fingerprint density at radius 3 is 2.48 bits per heavy atom. The molecule has 0 aliphatic rings. The second-order valence-corrected chi connectivity index (χ2v) is 6.95. The van der Waals surface area contributed by atoms with Gasteiger partial charge in [-0.25, -0.2) is 4.98 Å². The van der Waals surface area contributed by atoms with Crippen molar-refractivity contribution in [3.63, 3.8) is 0 Å². The van der Waals surface area contributed by atoms with Gasteiger partial charge >= 0.3 is 0 Å². The van der Waals surface area contributed by atoms with Crippen LogP contribution in [0.2, 0.25) is 0 Å². The van der Waals surface area contributed by atoms with Crippen molar-refractivity contribution in [1.82, 2.24) is 10.3 Å². The number of nitrogens with one attached hydrogen (secondary N) is 2. The molecular weight excluding hydrogens is 414 g/mol. The number of carbonyl (C=O) groups is 1. The van der Waals surface area contributed by atoms with Gasteiger partial charge in [0.15, 0.2) is 22.2 Å². The molecule has 7 nitrogen and oxygen atoms in total. The smallest absolute Gasteiger partial charge is 0.257 e. The van der Waals surface area contributed by atoms with E-state index in [9.17, 15) is 4.79 Å². The number of rotatable bonds is 5. The van der Waals surface area contributed by atoms with Crippen LogP contribution >= 0.6 is 12.2 Å². The number of oxazole rings is 1. The molecular formula is C23H19N3O4S. The Labute approximate surface area is 184 Å². The minimum atomic E-state index is -0.368. The number of amides is 1. The van der Waals surface area contributed by atoms with Crippen LogP contribution in [0.4, 0.5) is 5.69 Å². The van der Waals surface area contributed by atoms with E-state index in [-0.39, 0.29) is 11.0 Å². The quantitative estimate of drug-likeness (QED) is 0.444. The summed E-state index contributed by atoms with van der Waals surface area (Å²) in [7, 11) is 3.04. The molecule has 0 saturated carbocycles. The molecule has 4 rings (SSSR count). The largest absolute Gasteiger partial charge is 0.493 e. The molecule has 1 amide bonds. The van der Waals surface area contributed by atoms with Gasteiger partial charge in [0.25, 0.3) is 5.91 Å². The Morgan fingerprint density at radius 2 is 1.74 bits per heavy atom. The van der Waals surface area contributed by atoms with E-state index in [2.05, 4.69) is 15.6 Å². The minimum Gasteiger partial charge on any atom is -0.493 e. The van der Waals surface area contributed by atoms with Crippen LogP contribution in [0.25, 0.3) is 22.6 Å². The molecule has 0 radical (unpaired) electrons. The van der Waals surface area contributed by atoms with E-state index in [1.165, 1.54) is 14.2 Å². The lowest BCUT2D eigenvalue weighted by atomic mass is 10.2. The van der Waals surface area contributed by atoms with Crippen molar-refractivity contribution in [1.29, 1.82) is 0 Å². The molecule has 4 aromatic rings. The topological polar surface area (TPSA) is 85.6 Å². The number of thiocarbonyl (C=S) groups is 1. The SMILES string of the molecule is COc1ccc(C(=O)NC(=S)Nc2ccc3oc(-c4ccccc4)nc3c2)cc1OC. The number of aromatic nitrogens is 1. The van der Waals surface area contributed by atoms with Gasteiger partial charge in [0.1, 0.15) is 5.52 Å². The predicted molar refractivity (Wildman–Crippen MR) is 123 cm³/mol. The molecule has 1 heterocycles. The first-order valence-electron chi connectivity index (χ1n) is 9.38. The van der Waals surface area contributed by atoms with E-state index >= 15 is 0 Å². The third-order valence-corrected chi connectivity index (χ3v) is 4.74. The van der Waals surface area contributed by atoms with Crippen molar-refractivity contribution >= 4 is 40.0 Å². The van der Waals surface area contributed by atoms with Crippen molar-refractivity contribution in [3.05, 3.63) is 72.3 Å². The second-order valence-electron chi connectivity index (χ2n) is 6.55. The number of ether oxygens (including phenoxy) is 2. The van der Waals surface area contributed by atoms with E-state index in [1.807, 2.05) is 30.3 Å². The molecule has 0 bridgehead atoms. The fourth-order valence-corrected chi connectivity index (χ4v) is 3.24. The lowest BCUT2D eigenvalue weighted by Crippen LogP contribution is -2.34. The van der Waals surface area contributed by atoms with Crippen LogP contribution in [0.5, 0.6) is 11.5 Å². The Bertz CT molecular complexity index is 1250. The molecule has 0 aliphatic carbocycles. The zero-order valence-electron chi connectivity index (χ0n) is 16.8. The highest BCUT2D eigenvalue weighted by atomic mass is 32.1. The summed E-state index contributed by atoms with van der Waals surface area (Å²) in [6, 6.07) is 19.9. The molecule has 0 fully saturated rings. The third kappa shape index (κ3) is 4.49. The van der Waals surface area contributed by atoms with Gasteiger partial charge in [-0.2, -0.15) is 0 Å². The van der Waals surface area contributed by atoms with Gasteiger partial charge in [-0.1, -0.05) is 18.2 Å². The lowest BCUT2D eigenvalue weighted by molar-refractivity contribution is 0.0977. The van der Waals surface area contributed by atoms with E-state index in [1.54, 1.807) is 36.4 Å². The number of fused-ring (bicyclic) bond motifs is 1. The number of carbonyl (C=O) groups excluding carboxylic acids is 1. The van der Waals surface area contributed by atoms with Gasteiger partial charge in [0, 0.05) is 16.8 Å². The average molecular weight is 433 g/mol. The van der Waals surface area contributed by atoms with Crippen molar-refractivity contribution < 1.29 is 18.7 Å². The van der Waals surface area contributed by atoms with E-state index in [0.717, 1.165) is 5.56 Å². The normalized spacial score (nSPS) is 10.5. The molecule has 8 heteroatoms. The summed E-state index contributed by atoms with van der Waals surface area (Å²) < 4.78 is 16.2. The van der Waals surface area contributed by atoms with Crippen molar-refractivity contribution in [2.24, 2.45) is 0 Å². The summed E-state index contributed by atoms with van der Waals surface area (Å²) in [5, 5.41) is 5.81. The molecule has 1 aromatic heterocycles. The number of hydrogen-bond acceptors (Lipinski definition) is 6. The average Bonchev–Trinajstić information content (AvgIpc) is 3.22. The number of methoxy groups -OCH3 is 2. The summed E-state index contributed by atoms with van der Waals surface area (Å²) in [5.74, 6) is 1.17. The lowest BCUT2D eigenvalue weighted by Gasteiger charge is -2.11. The maximum absolute atomic E-state index is 12.5. The van der Waals surface area contributed by atoms with Gasteiger partial charge < -0.3 is 19.2 Å². The molecule has 31 heavy (non-hydrogen) atoms. The summed E-state index contributed by atoms with van der Waals surface area (Å²) in [4.78, 5) is 17.1. The van der Waals surface area contributed by atoms with E-state index < -0.39 is 0 Å². The third-order valence-electron chi connectivity index (χ3n) is 4.54. The first-order valence-corrected chi connectivity index (χ1v) is 9.78. The van der Waals surface area contributed by atoms with Crippen molar-refractivity contribution in [2.45, 2.75) is 0 Å². The zero-order valence-corrected chi connectivity index (χ0v) is 17.7. The van der Waals surface area contributed by atoms with Crippen LogP contribution < -0.4 is 20.1 Å². The molecule has 3 aromatic carbocycles. The number of hydrogen-bond donors (Lipinski definition) is 2. The zero-order chi connectivity index (χ0) is 21.8. The standard InChI is InChI=1S/C23H19N3O4S/c1-28-19-10-8-15(12-20(19)29-2)21(27)26-23(31)24-16-9-11-18-17(13-16)25-22(30-18)14-6-4-3-5-7-14/h3-13H,1-2H3,(H2,24,26,27,31). The first-order chi connectivity index (χ1) is 15.1. The fraction of sp³-hybridized carbons (Fsp3) is 0.0870. The molecule has 0 spiro atoms. The number of benzene rings is 3. The molecule has 0 unspecified atom stereocenters. The summed E-state index contributed by atoms with van der Waals surface area (Å²) in [6.07, 6.45) is 0. The van der Waals surface area contributed by atoms with Crippen LogP contribution in [0.15, 0.2) is 71.1 Å². The Morgan fingerprint density at radius 1 is 0.968 bits per heavy atom. The van der Waals surface area contributed by atoms with Gasteiger partial charge in [0.05, 0.1) is 14.2 Å². The van der Waals surface area contributed by atoms with Crippen LogP contribution in [0.1, 0.15) is 10.4 Å². The molecule has 156 valence electrons. The number of nitrogens with zero attached hydrogens (tertiary/aromatic N) is 1. The monoisotopic (exact) mass is 433 g/mol. The van der Waals surface area contributed by atoms with Gasteiger partial charge in [-0.05, 0) is 60.7 Å². The van der Waals surface area contributed by atoms with Crippen LogP contribution in [0.3, 0.4) is 0 Å². The highest BCUT2D eigenvalue weighted by Gasteiger charge is 2.13. The Balaban J connectivity index is 1.46. The maximum atomic E-state index is 12.5. The van der Waals surface area contributed by atoms with Gasteiger partial charge in [0.2, 0.25) is 5.89 Å². The van der Waals surface area contributed by atoms with Crippen molar-refractivity contribution in [2.75, 3.05) is 19.5 Å². The van der Waals surface area contributed by atoms with Gasteiger partial charge in [-0.15, -0.1) is 0 Å². The molecule has 2 N–H and O–H groups in total. The van der Waals surface area contributed by atoms with Crippen LogP contribution in [0, 0.1) is 0 Å². The van der Waals surface area contributed by atoms with E-state index in [4.69, 9.17) is 26.1 Å². The predicted octanol–water partition coefficient (Wildman–Crippen LogP) is 4.64.